The average Bonchev–Trinajstić information content (AvgIpc) is 2.73. The minimum atomic E-state index is -0.553. The zero-order chi connectivity index (χ0) is 24.3. The van der Waals surface area contributed by atoms with Crippen molar-refractivity contribution in [3.8, 4) is 0 Å². The lowest BCUT2D eigenvalue weighted by atomic mass is 9.79. The third kappa shape index (κ3) is 9.66. The molecule has 1 saturated carbocycles. The summed E-state index contributed by atoms with van der Waals surface area (Å²) in [6.45, 7) is 13.8. The lowest BCUT2D eigenvalue weighted by Gasteiger charge is -2.28. The van der Waals surface area contributed by atoms with E-state index in [1.165, 1.54) is 0 Å². The van der Waals surface area contributed by atoms with Crippen molar-refractivity contribution in [2.45, 2.75) is 78.4 Å². The van der Waals surface area contributed by atoms with Crippen LogP contribution in [0.4, 0.5) is 0 Å². The Morgan fingerprint density at radius 1 is 0.750 bits per heavy atom. The predicted octanol–water partition coefficient (Wildman–Crippen LogP) is 3.68. The minimum Gasteiger partial charge on any atom is -0.465 e. The largest absolute Gasteiger partial charge is 0.465 e. The molecule has 1 fully saturated rings. The first-order valence-corrected chi connectivity index (χ1v) is 11.1. The van der Waals surface area contributed by atoms with E-state index in [0.717, 1.165) is 12.8 Å². The molecule has 8 heteroatoms. The van der Waals surface area contributed by atoms with Crippen molar-refractivity contribution in [2.24, 2.45) is 11.8 Å². The Balaban J connectivity index is 2.45. The summed E-state index contributed by atoms with van der Waals surface area (Å²) < 4.78 is 21.0. The summed E-state index contributed by atoms with van der Waals surface area (Å²) in [4.78, 5) is 48.2. The molecule has 0 aliphatic heterocycles. The molecule has 4 unspecified atom stereocenters. The highest BCUT2D eigenvalue weighted by molar-refractivity contribution is 5.87. The van der Waals surface area contributed by atoms with Gasteiger partial charge in [0.05, 0.1) is 25.0 Å². The minimum absolute atomic E-state index is 0.0906. The van der Waals surface area contributed by atoms with Crippen molar-refractivity contribution in [3.05, 3.63) is 24.3 Å². The third-order valence-corrected chi connectivity index (χ3v) is 5.22. The third-order valence-electron chi connectivity index (χ3n) is 5.22. The molecule has 0 aromatic heterocycles. The molecule has 0 radical (unpaired) electrons. The van der Waals surface area contributed by atoms with Gasteiger partial charge in [0.15, 0.2) is 0 Å². The Kier molecular flexibility index (Phi) is 11.7. The molecular formula is C24H36O8. The number of esters is 4. The number of hydrogen-bond donors (Lipinski definition) is 0. The second kappa shape index (κ2) is 13.7. The van der Waals surface area contributed by atoms with Gasteiger partial charge in [-0.25, -0.2) is 9.59 Å². The van der Waals surface area contributed by atoms with E-state index in [1.807, 2.05) is 0 Å². The summed E-state index contributed by atoms with van der Waals surface area (Å²) in [6.07, 6.45) is 2.67. The topological polar surface area (TPSA) is 105 Å². The van der Waals surface area contributed by atoms with Crippen molar-refractivity contribution >= 4 is 23.9 Å². The van der Waals surface area contributed by atoms with Crippen LogP contribution in [0.2, 0.25) is 0 Å². The number of hydrogen-bond acceptors (Lipinski definition) is 8. The Labute approximate surface area is 190 Å². The van der Waals surface area contributed by atoms with Crippen molar-refractivity contribution < 1.29 is 38.1 Å². The molecule has 0 spiro atoms. The van der Waals surface area contributed by atoms with Crippen molar-refractivity contribution in [2.75, 3.05) is 13.2 Å². The number of ether oxygens (including phenoxy) is 4. The summed E-state index contributed by atoms with van der Waals surface area (Å²) >= 11 is 0. The predicted molar refractivity (Wildman–Crippen MR) is 117 cm³/mol. The van der Waals surface area contributed by atoms with Gasteiger partial charge in [-0.1, -0.05) is 26.0 Å². The van der Waals surface area contributed by atoms with Crippen LogP contribution in [-0.4, -0.2) is 49.3 Å². The van der Waals surface area contributed by atoms with Gasteiger partial charge >= 0.3 is 23.9 Å². The normalized spacial score (nSPS) is 19.8. The van der Waals surface area contributed by atoms with E-state index >= 15 is 0 Å². The van der Waals surface area contributed by atoms with Crippen LogP contribution in [0.15, 0.2) is 24.3 Å². The SMILES string of the molecule is C=C(C)C(=O)OC(C)CCOC(=O)C1CCCCC1C(=O)OCCC(C)OC(=O)C(=C)C. The van der Waals surface area contributed by atoms with Crippen LogP contribution in [0.1, 0.15) is 66.2 Å². The Bertz CT molecular complexity index is 651. The maximum Gasteiger partial charge on any atom is 0.333 e. The lowest BCUT2D eigenvalue weighted by molar-refractivity contribution is -0.164. The van der Waals surface area contributed by atoms with Gasteiger partial charge in [0.1, 0.15) is 12.2 Å². The summed E-state index contributed by atoms with van der Waals surface area (Å²) in [6, 6.07) is 0. The Hall–Kier alpha value is -2.64. The van der Waals surface area contributed by atoms with E-state index in [2.05, 4.69) is 13.2 Å². The van der Waals surface area contributed by atoms with Crippen LogP contribution < -0.4 is 0 Å². The highest BCUT2D eigenvalue weighted by atomic mass is 16.6. The fourth-order valence-electron chi connectivity index (χ4n) is 3.24. The molecular weight excluding hydrogens is 416 g/mol. The number of carbonyl (C=O) groups is 4. The first-order chi connectivity index (χ1) is 15.0. The van der Waals surface area contributed by atoms with Crippen LogP contribution in [0, 0.1) is 11.8 Å². The molecule has 0 aromatic rings. The fraction of sp³-hybridized carbons (Fsp3) is 0.667. The molecule has 0 amide bonds. The molecule has 0 saturated heterocycles. The zero-order valence-electron chi connectivity index (χ0n) is 19.6. The molecule has 0 bridgehead atoms. The summed E-state index contributed by atoms with van der Waals surface area (Å²) in [5.74, 6) is -2.95. The second-order valence-corrected chi connectivity index (χ2v) is 8.40. The first kappa shape index (κ1) is 27.4. The Morgan fingerprint density at radius 2 is 1.09 bits per heavy atom. The zero-order valence-corrected chi connectivity index (χ0v) is 19.6. The maximum atomic E-state index is 12.6. The summed E-state index contributed by atoms with van der Waals surface area (Å²) in [5, 5.41) is 0. The van der Waals surface area contributed by atoms with Gasteiger partial charge in [-0.3, -0.25) is 9.59 Å². The van der Waals surface area contributed by atoms with Gasteiger partial charge in [0.2, 0.25) is 0 Å². The van der Waals surface area contributed by atoms with E-state index in [0.29, 0.717) is 36.8 Å². The summed E-state index contributed by atoms with van der Waals surface area (Å²) in [7, 11) is 0. The molecule has 8 nitrogen and oxygen atoms in total. The van der Waals surface area contributed by atoms with Gasteiger partial charge in [-0.15, -0.1) is 0 Å². The molecule has 180 valence electrons. The second-order valence-electron chi connectivity index (χ2n) is 8.40. The number of carbonyl (C=O) groups excluding carboxylic acids is 4. The highest BCUT2D eigenvalue weighted by Crippen LogP contribution is 2.32. The van der Waals surface area contributed by atoms with Crippen LogP contribution >= 0.6 is 0 Å². The smallest absolute Gasteiger partial charge is 0.333 e. The molecule has 0 heterocycles. The standard InChI is InChI=1S/C24H36O8/c1-15(2)21(25)31-17(5)11-13-29-23(27)19-9-7-8-10-20(19)24(28)30-14-12-18(6)32-22(26)16(3)4/h17-20H,1,3,7-14H2,2,4-6H3. The fourth-order valence-corrected chi connectivity index (χ4v) is 3.24. The van der Waals surface area contributed by atoms with Gasteiger partial charge in [-0.2, -0.15) is 0 Å². The van der Waals surface area contributed by atoms with Crippen LogP contribution in [-0.2, 0) is 38.1 Å². The molecule has 1 aliphatic rings. The van der Waals surface area contributed by atoms with Crippen LogP contribution in [0.3, 0.4) is 0 Å². The van der Waals surface area contributed by atoms with Crippen molar-refractivity contribution in [3.63, 3.8) is 0 Å². The highest BCUT2D eigenvalue weighted by Gasteiger charge is 2.38. The van der Waals surface area contributed by atoms with E-state index in [4.69, 9.17) is 18.9 Å². The Morgan fingerprint density at radius 3 is 1.41 bits per heavy atom. The number of rotatable bonds is 12. The maximum absolute atomic E-state index is 12.6. The molecule has 0 N–H and O–H groups in total. The summed E-state index contributed by atoms with van der Waals surface area (Å²) in [5.41, 5.74) is 0.613. The molecule has 4 atom stereocenters. The van der Waals surface area contributed by atoms with Gasteiger partial charge < -0.3 is 18.9 Å². The van der Waals surface area contributed by atoms with Crippen molar-refractivity contribution in [1.82, 2.24) is 0 Å². The van der Waals surface area contributed by atoms with E-state index in [-0.39, 0.29) is 13.2 Å². The lowest BCUT2D eigenvalue weighted by Crippen LogP contribution is -2.35. The van der Waals surface area contributed by atoms with E-state index in [9.17, 15) is 19.2 Å². The first-order valence-electron chi connectivity index (χ1n) is 11.1. The van der Waals surface area contributed by atoms with E-state index in [1.54, 1.807) is 27.7 Å². The molecule has 1 aliphatic carbocycles. The molecule has 1 rings (SSSR count). The quantitative estimate of drug-likeness (QED) is 0.251. The van der Waals surface area contributed by atoms with E-state index < -0.39 is 47.9 Å². The van der Waals surface area contributed by atoms with Gasteiger partial charge in [0.25, 0.3) is 0 Å². The van der Waals surface area contributed by atoms with Crippen LogP contribution in [0.25, 0.3) is 0 Å². The monoisotopic (exact) mass is 452 g/mol. The average molecular weight is 453 g/mol. The molecule has 32 heavy (non-hydrogen) atoms. The molecule has 0 aromatic carbocycles. The van der Waals surface area contributed by atoms with Crippen LogP contribution in [0.5, 0.6) is 0 Å². The van der Waals surface area contributed by atoms with Crippen molar-refractivity contribution in [1.29, 1.82) is 0 Å². The van der Waals surface area contributed by atoms with Gasteiger partial charge in [0, 0.05) is 24.0 Å². The van der Waals surface area contributed by atoms with Gasteiger partial charge in [-0.05, 0) is 40.5 Å².